The van der Waals surface area contributed by atoms with Gasteiger partial charge in [0, 0.05) is 13.6 Å². The zero-order valence-corrected chi connectivity index (χ0v) is 24.9. The Hall–Kier alpha value is -5.72. The minimum atomic E-state index is -3.46. The van der Waals surface area contributed by atoms with Crippen molar-refractivity contribution in [3.63, 3.8) is 0 Å². The van der Waals surface area contributed by atoms with Crippen molar-refractivity contribution >= 4 is 64.6 Å². The van der Waals surface area contributed by atoms with Crippen molar-refractivity contribution in [1.82, 2.24) is 0 Å². The Balaban J connectivity index is 1.27. The molecule has 47 heavy (non-hydrogen) atoms. The number of benzene rings is 10. The first-order valence-electron chi connectivity index (χ1n) is 21.7. The Morgan fingerprint density at radius 2 is 0.787 bits per heavy atom. The van der Waals surface area contributed by atoms with Crippen LogP contribution < -0.4 is 0 Å². The first-order valence-corrected chi connectivity index (χ1v) is 15.7. The molecule has 0 radical (unpaired) electrons. The number of hydrogen-bond acceptors (Lipinski definition) is 0. The summed E-state index contributed by atoms with van der Waals surface area (Å²) in [6.07, 6.45) is 0. The maximum Gasteiger partial charge on any atom is 0.0633 e. The highest BCUT2D eigenvalue weighted by Gasteiger charge is 2.36. The van der Waals surface area contributed by atoms with Gasteiger partial charge in [0.2, 0.25) is 0 Å². The molecule has 0 saturated carbocycles. The average Bonchev–Trinajstić information content (AvgIpc) is 3.56. The van der Waals surface area contributed by atoms with Gasteiger partial charge in [0.25, 0.3) is 0 Å². The average molecular weight is 607 g/mol. The largest absolute Gasteiger partial charge is 0.0633 e. The molecule has 11 rings (SSSR count). The molecule has 0 spiro atoms. The first kappa shape index (κ1) is 16.7. The van der Waals surface area contributed by atoms with Gasteiger partial charge in [0.15, 0.2) is 0 Å². The summed E-state index contributed by atoms with van der Waals surface area (Å²) in [5.41, 5.74) is -4.46. The SMILES string of the molecule is [2H]c1c([2H])c2c(c([2H])c1-c1ccc3ccc4cccc5ccc1c3c45)C(C([2H])([2H])[2H])(C([2H])([2H])[2H])c1c([2H])c(-c3ccc4ccc5cccc6ccc3c4c56)c([2H])c([2H])c1-2. The highest BCUT2D eigenvalue weighted by atomic mass is 14.4. The highest BCUT2D eigenvalue weighted by Crippen LogP contribution is 2.52. The molecule has 0 atom stereocenters. The Bertz CT molecular complexity index is 3220. The molecule has 10 aromatic carbocycles. The van der Waals surface area contributed by atoms with Gasteiger partial charge in [-0.15, -0.1) is 0 Å². The summed E-state index contributed by atoms with van der Waals surface area (Å²) in [5, 5.41) is 10.6. The molecule has 0 aliphatic heterocycles. The second-order valence-electron chi connectivity index (χ2n) is 12.7. The Kier molecular flexibility index (Phi) is 3.11. The molecule has 0 heterocycles. The van der Waals surface area contributed by atoms with Crippen LogP contribution in [-0.2, 0) is 5.41 Å². The van der Waals surface area contributed by atoms with Gasteiger partial charge in [0.1, 0.15) is 0 Å². The van der Waals surface area contributed by atoms with Crippen LogP contribution in [0, 0.1) is 0 Å². The van der Waals surface area contributed by atoms with E-state index in [2.05, 4.69) is 0 Å². The lowest BCUT2D eigenvalue weighted by Gasteiger charge is -2.23. The van der Waals surface area contributed by atoms with Crippen LogP contribution in [0.4, 0.5) is 0 Å². The van der Waals surface area contributed by atoms with Crippen molar-refractivity contribution in [3.8, 4) is 33.4 Å². The van der Waals surface area contributed by atoms with Crippen LogP contribution >= 0.6 is 0 Å². The van der Waals surface area contributed by atoms with Gasteiger partial charge < -0.3 is 0 Å². The van der Waals surface area contributed by atoms with Crippen LogP contribution in [0.5, 0.6) is 0 Å². The molecule has 0 nitrogen and oxygen atoms in total. The highest BCUT2D eigenvalue weighted by molar-refractivity contribution is 6.26. The topological polar surface area (TPSA) is 0 Å². The summed E-state index contributed by atoms with van der Waals surface area (Å²) in [4.78, 5) is 0. The van der Waals surface area contributed by atoms with Crippen LogP contribution in [-0.4, -0.2) is 0 Å². The van der Waals surface area contributed by atoms with E-state index in [1.165, 1.54) is 0 Å². The maximum absolute atomic E-state index is 9.90. The summed E-state index contributed by atoms with van der Waals surface area (Å²) >= 11 is 0. The van der Waals surface area contributed by atoms with E-state index in [0.717, 1.165) is 53.9 Å². The van der Waals surface area contributed by atoms with Gasteiger partial charge >= 0.3 is 0 Å². The van der Waals surface area contributed by atoms with Gasteiger partial charge in [-0.2, -0.15) is 0 Å². The van der Waals surface area contributed by atoms with Crippen molar-refractivity contribution in [3.05, 3.63) is 157 Å². The molecule has 0 saturated heterocycles. The minimum Gasteiger partial charge on any atom is -0.0610 e. The van der Waals surface area contributed by atoms with Crippen molar-refractivity contribution in [2.45, 2.75) is 19.1 Å². The second-order valence-corrected chi connectivity index (χ2v) is 12.7. The Morgan fingerprint density at radius 1 is 0.404 bits per heavy atom. The predicted molar refractivity (Wildman–Crippen MR) is 202 cm³/mol. The quantitative estimate of drug-likeness (QED) is 0.172. The predicted octanol–water partition coefficient (Wildman–Crippen LogP) is 13.1. The molecule has 1 aliphatic carbocycles. The molecule has 0 bridgehead atoms. The number of hydrogen-bond donors (Lipinski definition) is 0. The minimum absolute atomic E-state index is 0.117. The van der Waals surface area contributed by atoms with E-state index >= 15 is 0 Å². The lowest BCUT2D eigenvalue weighted by Crippen LogP contribution is -2.15. The van der Waals surface area contributed by atoms with E-state index in [0.29, 0.717) is 21.9 Å². The van der Waals surface area contributed by atoms with Crippen LogP contribution in [0.2, 0.25) is 0 Å². The van der Waals surface area contributed by atoms with E-state index in [1.807, 2.05) is 97.1 Å². The smallest absolute Gasteiger partial charge is 0.0610 e. The number of rotatable bonds is 2. The van der Waals surface area contributed by atoms with E-state index < -0.39 is 66.5 Å². The Labute approximate surface area is 290 Å². The lowest BCUT2D eigenvalue weighted by atomic mass is 9.80. The van der Waals surface area contributed by atoms with Crippen LogP contribution in [0.1, 0.15) is 41.3 Å². The molecule has 0 N–H and O–H groups in total. The molecule has 0 unspecified atom stereocenters. The van der Waals surface area contributed by atoms with Gasteiger partial charge in [-0.1, -0.05) is 147 Å². The standard InChI is InChI=1S/C47H30/c1-47(2)41-25-33(35-19-13-31-11-9-27-5-3-7-29-15-23-39(35)45(31)43(27)29)17-21-37(41)38-22-18-34(26-42(38)47)36-20-14-32-12-10-28-6-4-8-30-16-24-40(36)46(32)44(28)30/h3-26H,1-2H3/i1D3,2D3,17D,18D,21D,22D,25D,26D. The zero-order valence-electron chi connectivity index (χ0n) is 36.9. The van der Waals surface area contributed by atoms with Gasteiger partial charge in [0.05, 0.1) is 8.22 Å². The van der Waals surface area contributed by atoms with Gasteiger partial charge in [-0.25, -0.2) is 0 Å². The van der Waals surface area contributed by atoms with Crippen LogP contribution in [0.3, 0.4) is 0 Å². The van der Waals surface area contributed by atoms with Gasteiger partial charge in [-0.3, -0.25) is 0 Å². The second kappa shape index (κ2) is 8.75. The summed E-state index contributed by atoms with van der Waals surface area (Å²) in [6, 6.07) is 31.4. The van der Waals surface area contributed by atoms with E-state index in [4.69, 9.17) is 8.22 Å². The molecule has 0 aromatic heterocycles. The normalized spacial score (nSPS) is 18.1. The maximum atomic E-state index is 9.90. The van der Waals surface area contributed by atoms with Crippen LogP contribution in [0.25, 0.3) is 98.0 Å². The fourth-order valence-electron chi connectivity index (χ4n) is 8.05. The molecule has 1 aliphatic rings. The molecule has 0 fully saturated rings. The fraction of sp³-hybridized carbons (Fsp3) is 0.0638. The van der Waals surface area contributed by atoms with Gasteiger partial charge in [-0.05, 0) is 121 Å². The number of fused-ring (bicyclic) bond motifs is 3. The van der Waals surface area contributed by atoms with E-state index in [-0.39, 0.29) is 22.3 Å². The molecule has 0 heteroatoms. The van der Waals surface area contributed by atoms with Crippen LogP contribution in [0.15, 0.2) is 145 Å². The third-order valence-electron chi connectivity index (χ3n) is 10.2. The Morgan fingerprint density at radius 3 is 1.21 bits per heavy atom. The molecule has 10 aromatic rings. The fourth-order valence-corrected chi connectivity index (χ4v) is 8.05. The summed E-state index contributed by atoms with van der Waals surface area (Å²) in [7, 11) is 0. The lowest BCUT2D eigenvalue weighted by molar-refractivity contribution is 0.661. The first-order chi connectivity index (χ1) is 28.1. The molecular weight excluding hydrogens is 565 g/mol. The van der Waals surface area contributed by atoms with Crippen molar-refractivity contribution in [1.29, 1.82) is 0 Å². The molecule has 0 amide bonds. The third-order valence-corrected chi connectivity index (χ3v) is 10.2. The molecular formula is C47H30. The van der Waals surface area contributed by atoms with E-state index in [9.17, 15) is 8.22 Å². The monoisotopic (exact) mass is 606 g/mol. The van der Waals surface area contributed by atoms with Crippen molar-refractivity contribution in [2.75, 3.05) is 0 Å². The summed E-state index contributed by atoms with van der Waals surface area (Å²) in [6.45, 7) is -6.93. The summed E-state index contributed by atoms with van der Waals surface area (Å²) < 4.78 is 113. The zero-order chi connectivity index (χ0) is 41.2. The van der Waals surface area contributed by atoms with Crippen molar-refractivity contribution in [2.24, 2.45) is 0 Å². The third kappa shape index (κ3) is 3.27. The molecule has 218 valence electrons. The van der Waals surface area contributed by atoms with E-state index in [1.54, 1.807) is 12.1 Å². The summed E-state index contributed by atoms with van der Waals surface area (Å²) in [5.74, 6) is 0. The van der Waals surface area contributed by atoms with Crippen molar-refractivity contribution < 1.29 is 16.4 Å².